The fourth-order valence-corrected chi connectivity index (χ4v) is 32.5. The van der Waals surface area contributed by atoms with Crippen molar-refractivity contribution in [3.05, 3.63) is 516 Å². The molecule has 6 heterocycles. The van der Waals surface area contributed by atoms with Gasteiger partial charge >= 0.3 is 0 Å². The van der Waals surface area contributed by atoms with Crippen molar-refractivity contribution in [2.45, 2.75) is 0 Å². The number of aromatic nitrogens is 7. The van der Waals surface area contributed by atoms with Gasteiger partial charge in [-0.2, -0.15) is 0 Å². The van der Waals surface area contributed by atoms with Crippen molar-refractivity contribution >= 4 is 101 Å². The highest BCUT2D eigenvalue weighted by Crippen LogP contribution is 2.43. The third-order valence-corrected chi connectivity index (χ3v) is 37.5. The first kappa shape index (κ1) is 80.6. The zero-order chi connectivity index (χ0) is 90.0. The molecule has 0 fully saturated rings. The van der Waals surface area contributed by atoms with E-state index in [1.807, 2.05) is 72.8 Å². The molecule has 2 aliphatic heterocycles. The molecule has 0 spiro atoms. The lowest BCUT2D eigenvalue weighted by atomic mass is 9.98. The number of benzene rings is 20. The molecule has 0 radical (unpaired) electrons. The Morgan fingerprint density at radius 3 is 0.860 bits per heavy atom. The maximum absolute atomic E-state index is 5.15. The Bertz CT molecular complexity index is 8500. The summed E-state index contributed by atoms with van der Waals surface area (Å²) in [6, 6.07) is 187. The summed E-state index contributed by atoms with van der Waals surface area (Å²) in [7, 11) is -5.48. The van der Waals surface area contributed by atoms with Crippen molar-refractivity contribution < 1.29 is 0 Å². The van der Waals surface area contributed by atoms with Crippen LogP contribution in [0, 0.1) is 0 Å². The maximum Gasteiger partial charge on any atom is 0.181 e. The molecule has 0 bridgehead atoms. The van der Waals surface area contributed by atoms with Crippen molar-refractivity contribution in [2.24, 2.45) is 0 Å². The molecule has 0 saturated carbocycles. The van der Waals surface area contributed by atoms with Gasteiger partial charge in [-0.1, -0.05) is 443 Å². The molecule has 24 aromatic rings. The van der Waals surface area contributed by atoms with E-state index in [1.165, 1.54) is 124 Å². The Morgan fingerprint density at radius 1 is 0.154 bits per heavy atom. The predicted octanol–water partition coefficient (Wildman–Crippen LogP) is 25.9. The van der Waals surface area contributed by atoms with Crippen LogP contribution in [0.3, 0.4) is 0 Å². The van der Waals surface area contributed by atoms with Crippen LogP contribution in [-0.2, 0) is 0 Å². The van der Waals surface area contributed by atoms with Crippen LogP contribution in [0.5, 0.6) is 0 Å². The number of hydrogen-bond donors (Lipinski definition) is 0. The first-order chi connectivity index (χ1) is 67.4. The maximum atomic E-state index is 5.15. The number of nitrogens with zero attached hydrogens (tertiary/aromatic N) is 7. The summed E-state index contributed by atoms with van der Waals surface area (Å²) >= 11 is 0. The molecule has 0 unspecified atom stereocenters. The van der Waals surface area contributed by atoms with E-state index in [2.05, 4.69) is 452 Å². The lowest BCUT2D eigenvalue weighted by Gasteiger charge is -2.33. The molecule has 0 saturated heterocycles. The van der Waals surface area contributed by atoms with E-state index >= 15 is 0 Å². The molecule has 0 aliphatic carbocycles. The van der Waals surface area contributed by atoms with Gasteiger partial charge in [-0.25, -0.2) is 24.9 Å². The van der Waals surface area contributed by atoms with Crippen LogP contribution < -0.4 is 41.5 Å². The normalized spacial score (nSPS) is 12.5. The predicted molar refractivity (Wildman–Crippen MR) is 570 cm³/mol. The van der Waals surface area contributed by atoms with Crippen molar-refractivity contribution in [1.29, 1.82) is 0 Å². The van der Waals surface area contributed by atoms with Gasteiger partial charge in [0.25, 0.3) is 0 Å². The largest absolute Gasteiger partial charge is 0.309 e. The summed E-state index contributed by atoms with van der Waals surface area (Å²) in [5, 5.41) is 16.2. The summed E-state index contributed by atoms with van der Waals surface area (Å²) < 4.78 is 4.88. The number of fused-ring (bicyclic) bond motifs is 12. The summed E-state index contributed by atoms with van der Waals surface area (Å²) in [5.41, 5.74) is 29.5. The van der Waals surface area contributed by atoms with E-state index in [0.29, 0.717) is 23.3 Å². The zero-order valence-electron chi connectivity index (χ0n) is 74.2. The van der Waals surface area contributed by atoms with Gasteiger partial charge < -0.3 is 9.13 Å². The zero-order valence-corrected chi connectivity index (χ0v) is 76.2. The van der Waals surface area contributed by atoms with Crippen LogP contribution in [-0.4, -0.2) is 50.2 Å². The second-order valence-corrected chi connectivity index (χ2v) is 42.6. The van der Waals surface area contributed by atoms with Gasteiger partial charge in [0.05, 0.1) is 33.5 Å². The van der Waals surface area contributed by atoms with E-state index in [1.54, 1.807) is 0 Å². The molecule has 9 heteroatoms. The van der Waals surface area contributed by atoms with E-state index < -0.39 is 16.1 Å². The Labute approximate surface area is 791 Å². The van der Waals surface area contributed by atoms with E-state index in [-0.39, 0.29) is 0 Å². The number of hydrogen-bond acceptors (Lipinski definition) is 5. The number of rotatable bonds is 16. The SMILES string of the molecule is c1ccc(-c2cc(-c3ccccc3)nc(-c3cccc(-c4ccc5c(c4)c4ccccc4n5-c4cccc(-c5cccc6c5[Si](c5ccccc5)(c5ccccc5)c5ccccc5-6)c4)c3)n2)cc1.c1ccc(-c2nc(-c3ccccc3)nc(-c3ccc(-c4ccc5c(c4)c4ccccc4n5-c4cccc(-c5cccc6c5[Si](c5ccccc5)(c5ccccc5)c5ccccc5-6)c4)cc3)n2)cc1. The molecule has 7 nitrogen and oxygen atoms in total. The standard InChI is InChI=1S/C64H43N3Si.C63H42N4Si/c1-5-20-44(21-6-1)58-43-59(45-22-7-2-8-23-45)66-64(65-58)49-26-17-24-46(40-49)47-38-39-61-57(42-47)54-32-13-15-36-60(54)67(61)50-27-18-25-48(41-50)53-34-19-35-56-55-33-14-16-37-62(55)68(63(53)56,51-28-9-3-10-29-51)52-30-11-4-12-31-52;1-5-19-44(20-6-1)61-64-62(45-21-7-2-8-22-45)66-63(65-61)46-37-35-43(36-38-46)47-39-40-58-56(42-47)53-29-13-15-33-57(53)67(58)49-24-17-23-48(41-49)52-31-18-32-55-54-30-14-16-34-59(54)68(60(52)55,50-25-9-3-10-26-50)51-27-11-4-12-28-51/h1-43H;1-42H. The monoisotopic (exact) mass is 1760 g/mol. The highest BCUT2D eigenvalue weighted by Gasteiger charge is 2.52. The minimum atomic E-state index is -2.74. The summed E-state index contributed by atoms with van der Waals surface area (Å²) in [6.45, 7) is 0. The van der Waals surface area contributed by atoms with Crippen LogP contribution >= 0.6 is 0 Å². The molecular formula is C127H85N7Si2. The molecule has 136 heavy (non-hydrogen) atoms. The highest BCUT2D eigenvalue weighted by molar-refractivity contribution is 7.23. The summed E-state index contributed by atoms with van der Waals surface area (Å²) in [6.07, 6.45) is 0. The molecule has 0 atom stereocenters. The van der Waals surface area contributed by atoms with Gasteiger partial charge in [0.15, 0.2) is 39.4 Å². The topological polar surface area (TPSA) is 74.3 Å². The second-order valence-electron chi connectivity index (χ2n) is 35.2. The lowest BCUT2D eigenvalue weighted by molar-refractivity contribution is 1.07. The van der Waals surface area contributed by atoms with Crippen LogP contribution in [0.25, 0.3) is 190 Å². The van der Waals surface area contributed by atoms with Crippen LogP contribution in [0.4, 0.5) is 0 Å². The van der Waals surface area contributed by atoms with Crippen LogP contribution in [0.2, 0.25) is 0 Å². The van der Waals surface area contributed by atoms with Gasteiger partial charge in [0.2, 0.25) is 0 Å². The quantitative estimate of drug-likeness (QED) is 0.0901. The van der Waals surface area contributed by atoms with Gasteiger partial charge in [0, 0.05) is 66.3 Å². The lowest BCUT2D eigenvalue weighted by Crippen LogP contribution is -2.73. The molecular weight excluding hydrogens is 1680 g/mol. The minimum Gasteiger partial charge on any atom is -0.309 e. The van der Waals surface area contributed by atoms with Crippen molar-refractivity contribution in [3.63, 3.8) is 0 Å². The van der Waals surface area contributed by atoms with Crippen molar-refractivity contribution in [3.8, 4) is 146 Å². The van der Waals surface area contributed by atoms with Gasteiger partial charge in [-0.3, -0.25) is 0 Å². The van der Waals surface area contributed by atoms with Gasteiger partial charge in [-0.15, -0.1) is 0 Å². The van der Waals surface area contributed by atoms with Crippen LogP contribution in [0.15, 0.2) is 516 Å². The number of para-hydroxylation sites is 2. The fourth-order valence-electron chi connectivity index (χ4n) is 21.7. The molecule has 2 aliphatic rings. The Kier molecular flexibility index (Phi) is 20.2. The Morgan fingerprint density at radius 2 is 0.434 bits per heavy atom. The third-order valence-electron chi connectivity index (χ3n) is 27.6. The highest BCUT2D eigenvalue weighted by atomic mass is 28.3. The summed E-state index contributed by atoms with van der Waals surface area (Å²) in [4.78, 5) is 25.1. The third kappa shape index (κ3) is 13.7. The first-order valence-electron chi connectivity index (χ1n) is 46.5. The van der Waals surface area contributed by atoms with E-state index in [0.717, 1.165) is 83.9 Å². The molecule has 0 amide bonds. The van der Waals surface area contributed by atoms with Gasteiger partial charge in [0.1, 0.15) is 0 Å². The van der Waals surface area contributed by atoms with E-state index in [9.17, 15) is 0 Å². The Balaban J connectivity index is 0.000000145. The molecule has 4 aromatic heterocycles. The van der Waals surface area contributed by atoms with Crippen molar-refractivity contribution in [2.75, 3.05) is 0 Å². The molecule has 26 rings (SSSR count). The average molecular weight is 1770 g/mol. The van der Waals surface area contributed by atoms with Gasteiger partial charge in [-0.05, 0) is 181 Å². The Hall–Kier alpha value is -17.5. The second kappa shape index (κ2) is 34.0. The average Bonchev–Trinajstić information content (AvgIpc) is 1.53. The van der Waals surface area contributed by atoms with Crippen molar-refractivity contribution in [1.82, 2.24) is 34.1 Å². The minimum absolute atomic E-state index is 0.642. The van der Waals surface area contributed by atoms with Crippen LogP contribution in [0.1, 0.15) is 0 Å². The summed E-state index contributed by atoms with van der Waals surface area (Å²) in [5.74, 6) is 2.64. The molecule has 636 valence electrons. The molecule has 20 aromatic carbocycles. The first-order valence-corrected chi connectivity index (χ1v) is 50.5. The fraction of sp³-hybridized carbons (Fsp3) is 0. The molecule has 0 N–H and O–H groups in total. The smallest absolute Gasteiger partial charge is 0.181 e. The van der Waals surface area contributed by atoms with E-state index in [4.69, 9.17) is 24.9 Å².